The Morgan fingerprint density at radius 2 is 1.90 bits per heavy atom. The molecule has 0 spiro atoms. The van der Waals surface area contributed by atoms with E-state index in [9.17, 15) is 4.79 Å². The zero-order chi connectivity index (χ0) is 14.5. The van der Waals surface area contributed by atoms with Crippen molar-refractivity contribution in [3.8, 4) is 0 Å². The predicted octanol–water partition coefficient (Wildman–Crippen LogP) is 2.20. The number of aromatic nitrogens is 2. The lowest BCUT2D eigenvalue weighted by molar-refractivity contribution is 0.425. The Labute approximate surface area is 119 Å². The van der Waals surface area contributed by atoms with Crippen LogP contribution in [0.4, 0.5) is 0 Å². The third-order valence-corrected chi connectivity index (χ3v) is 3.11. The molecule has 0 aliphatic heterocycles. The highest BCUT2D eigenvalue weighted by Gasteiger charge is 2.07. The summed E-state index contributed by atoms with van der Waals surface area (Å²) in [6.45, 7) is 8.21. The number of nitrogens with zero attached hydrogens (tertiary/aromatic N) is 2. The van der Waals surface area contributed by atoms with Crippen molar-refractivity contribution in [2.45, 2.75) is 52.9 Å². The van der Waals surface area contributed by atoms with Gasteiger partial charge in [0.25, 0.3) is 0 Å². The lowest BCUT2D eigenvalue weighted by Crippen LogP contribution is -2.24. The highest BCUT2D eigenvalue weighted by atomic mass is 16.3. The first-order valence-corrected chi connectivity index (χ1v) is 7.16. The van der Waals surface area contributed by atoms with Gasteiger partial charge >= 0.3 is 5.69 Å². The second-order valence-electron chi connectivity index (χ2n) is 5.31. The van der Waals surface area contributed by atoms with E-state index in [1.165, 1.54) is 0 Å². The van der Waals surface area contributed by atoms with Crippen LogP contribution in [-0.4, -0.2) is 15.2 Å². The molecular weight excluding hydrogens is 254 g/mol. The maximum atomic E-state index is 12.1. The number of furan rings is 1. The summed E-state index contributed by atoms with van der Waals surface area (Å²) in [5.74, 6) is 1.71. The zero-order valence-electron chi connectivity index (χ0n) is 12.4. The Hall–Kier alpha value is -1.75. The van der Waals surface area contributed by atoms with Gasteiger partial charge in [0.05, 0.1) is 13.1 Å². The molecule has 2 heterocycles. The first-order chi connectivity index (χ1) is 9.60. The minimum Gasteiger partial charge on any atom is -0.463 e. The molecule has 0 aliphatic rings. The van der Waals surface area contributed by atoms with Crippen LogP contribution in [0.3, 0.4) is 0 Å². The molecule has 0 bridgehead atoms. The number of nitrogens with one attached hydrogen (secondary N) is 1. The highest BCUT2D eigenvalue weighted by Crippen LogP contribution is 2.09. The Morgan fingerprint density at radius 1 is 1.20 bits per heavy atom. The fourth-order valence-corrected chi connectivity index (χ4v) is 2.06. The van der Waals surface area contributed by atoms with Gasteiger partial charge in [-0.3, -0.25) is 9.13 Å². The Balaban J connectivity index is 2.01. The predicted molar refractivity (Wildman–Crippen MR) is 78.8 cm³/mol. The van der Waals surface area contributed by atoms with E-state index >= 15 is 0 Å². The molecule has 0 aliphatic carbocycles. The summed E-state index contributed by atoms with van der Waals surface area (Å²) in [5.41, 5.74) is 0.0186. The van der Waals surface area contributed by atoms with Crippen LogP contribution < -0.4 is 11.0 Å². The third kappa shape index (κ3) is 3.63. The van der Waals surface area contributed by atoms with E-state index < -0.39 is 0 Å². The Morgan fingerprint density at radius 3 is 2.60 bits per heavy atom. The Bertz CT molecular complexity index is 592. The van der Waals surface area contributed by atoms with Gasteiger partial charge in [-0.2, -0.15) is 0 Å². The average Bonchev–Trinajstić information content (AvgIpc) is 2.98. The van der Waals surface area contributed by atoms with E-state index in [0.29, 0.717) is 19.1 Å². The molecule has 0 saturated carbocycles. The lowest BCUT2D eigenvalue weighted by atomic mass is 10.3. The van der Waals surface area contributed by atoms with Crippen molar-refractivity contribution in [1.82, 2.24) is 14.5 Å². The van der Waals surface area contributed by atoms with Crippen molar-refractivity contribution in [3.63, 3.8) is 0 Å². The maximum Gasteiger partial charge on any atom is 0.328 e. The fraction of sp³-hybridized carbons (Fsp3) is 0.533. The molecule has 0 saturated heterocycles. The largest absolute Gasteiger partial charge is 0.463 e. The average molecular weight is 277 g/mol. The molecule has 5 heteroatoms. The number of hydrogen-bond donors (Lipinski definition) is 1. The van der Waals surface area contributed by atoms with Gasteiger partial charge in [0.1, 0.15) is 11.5 Å². The second kappa shape index (κ2) is 6.61. The van der Waals surface area contributed by atoms with Crippen molar-refractivity contribution >= 4 is 0 Å². The molecule has 0 radical (unpaired) electrons. The summed E-state index contributed by atoms with van der Waals surface area (Å²) in [4.78, 5) is 12.1. The number of imidazole rings is 1. The summed E-state index contributed by atoms with van der Waals surface area (Å²) < 4.78 is 9.13. The van der Waals surface area contributed by atoms with Crippen LogP contribution in [0.2, 0.25) is 0 Å². The summed E-state index contributed by atoms with van der Waals surface area (Å²) in [5, 5.41) is 3.30. The van der Waals surface area contributed by atoms with Crippen molar-refractivity contribution in [1.29, 1.82) is 0 Å². The van der Waals surface area contributed by atoms with Crippen molar-refractivity contribution in [2.24, 2.45) is 0 Å². The standard InChI is InChI=1S/C15H23N3O2/c1-4-7-17-8-9-18(15(17)19)11-14-6-5-13(20-14)10-16-12(2)3/h5-6,8-9,12,16H,4,7,10-11H2,1-3H3. The van der Waals surface area contributed by atoms with E-state index in [0.717, 1.165) is 24.5 Å². The zero-order valence-corrected chi connectivity index (χ0v) is 12.4. The molecule has 0 atom stereocenters. The minimum absolute atomic E-state index is 0.0186. The van der Waals surface area contributed by atoms with Gasteiger partial charge in [0.15, 0.2) is 0 Å². The normalized spacial score (nSPS) is 11.4. The van der Waals surface area contributed by atoms with Gasteiger partial charge in [-0.15, -0.1) is 0 Å². The molecule has 20 heavy (non-hydrogen) atoms. The molecule has 0 amide bonds. The number of aryl methyl sites for hydroxylation is 1. The van der Waals surface area contributed by atoms with Crippen LogP contribution >= 0.6 is 0 Å². The van der Waals surface area contributed by atoms with E-state index in [-0.39, 0.29) is 5.69 Å². The van der Waals surface area contributed by atoms with Gasteiger partial charge in [-0.1, -0.05) is 20.8 Å². The van der Waals surface area contributed by atoms with Gasteiger partial charge in [-0.25, -0.2) is 4.79 Å². The van der Waals surface area contributed by atoms with E-state index in [4.69, 9.17) is 4.42 Å². The molecule has 1 N–H and O–H groups in total. The second-order valence-corrected chi connectivity index (χ2v) is 5.31. The lowest BCUT2D eigenvalue weighted by Gasteiger charge is -2.05. The monoisotopic (exact) mass is 277 g/mol. The Kier molecular flexibility index (Phi) is 4.84. The molecule has 0 aromatic carbocycles. The number of hydrogen-bond acceptors (Lipinski definition) is 3. The molecule has 0 fully saturated rings. The van der Waals surface area contributed by atoms with Gasteiger partial charge in [0.2, 0.25) is 0 Å². The fourth-order valence-electron chi connectivity index (χ4n) is 2.06. The van der Waals surface area contributed by atoms with Crippen LogP contribution in [0, 0.1) is 0 Å². The molecule has 2 aromatic rings. The summed E-state index contributed by atoms with van der Waals surface area (Å²) in [6, 6.07) is 4.31. The minimum atomic E-state index is 0.0186. The number of rotatable bonds is 7. The first kappa shape index (κ1) is 14.7. The van der Waals surface area contributed by atoms with Gasteiger partial charge < -0.3 is 9.73 Å². The van der Waals surface area contributed by atoms with Crippen molar-refractivity contribution in [3.05, 3.63) is 46.5 Å². The van der Waals surface area contributed by atoms with Crippen molar-refractivity contribution in [2.75, 3.05) is 0 Å². The van der Waals surface area contributed by atoms with Crippen LogP contribution in [0.5, 0.6) is 0 Å². The van der Waals surface area contributed by atoms with Crippen LogP contribution in [-0.2, 0) is 19.6 Å². The quantitative estimate of drug-likeness (QED) is 0.844. The van der Waals surface area contributed by atoms with Gasteiger partial charge in [0, 0.05) is 25.0 Å². The van der Waals surface area contributed by atoms with Crippen molar-refractivity contribution < 1.29 is 4.42 Å². The van der Waals surface area contributed by atoms with E-state index in [1.807, 2.05) is 24.5 Å². The van der Waals surface area contributed by atoms with Crippen LogP contribution in [0.15, 0.2) is 33.7 Å². The van der Waals surface area contributed by atoms with E-state index in [1.54, 1.807) is 9.13 Å². The topological polar surface area (TPSA) is 52.1 Å². The summed E-state index contributed by atoms with van der Waals surface area (Å²) in [7, 11) is 0. The summed E-state index contributed by atoms with van der Waals surface area (Å²) in [6.07, 6.45) is 4.60. The maximum absolute atomic E-state index is 12.1. The molecule has 2 rings (SSSR count). The van der Waals surface area contributed by atoms with Gasteiger partial charge in [-0.05, 0) is 18.6 Å². The van der Waals surface area contributed by atoms with Crippen LogP contribution in [0.1, 0.15) is 38.7 Å². The third-order valence-electron chi connectivity index (χ3n) is 3.11. The highest BCUT2D eigenvalue weighted by molar-refractivity contribution is 5.08. The molecular formula is C15H23N3O2. The first-order valence-electron chi connectivity index (χ1n) is 7.16. The summed E-state index contributed by atoms with van der Waals surface area (Å²) >= 11 is 0. The smallest absolute Gasteiger partial charge is 0.328 e. The molecule has 110 valence electrons. The molecule has 0 unspecified atom stereocenters. The van der Waals surface area contributed by atoms with E-state index in [2.05, 4.69) is 26.1 Å². The molecule has 5 nitrogen and oxygen atoms in total. The molecule has 2 aromatic heterocycles. The SMILES string of the molecule is CCCn1ccn(Cc2ccc(CNC(C)C)o2)c1=O. The van der Waals surface area contributed by atoms with Crippen LogP contribution in [0.25, 0.3) is 0 Å².